The summed E-state index contributed by atoms with van der Waals surface area (Å²) in [5, 5.41) is 3.25. The van der Waals surface area contributed by atoms with E-state index >= 15 is 4.79 Å². The average Bonchev–Trinajstić information content (AvgIpc) is 3.27. The molecule has 3 aliphatic rings. The van der Waals surface area contributed by atoms with Crippen LogP contribution in [0.5, 0.6) is 5.75 Å². The van der Waals surface area contributed by atoms with Gasteiger partial charge in [0.15, 0.2) is 0 Å². The van der Waals surface area contributed by atoms with Crippen LogP contribution < -0.4 is 20.6 Å². The number of rotatable bonds is 4. The van der Waals surface area contributed by atoms with E-state index in [4.69, 9.17) is 13.9 Å². The number of nitrogens with zero attached hydrogens (tertiary/aromatic N) is 1. The Kier molecular flexibility index (Phi) is 6.12. The first-order chi connectivity index (χ1) is 21.9. The molecule has 1 amide bonds. The van der Waals surface area contributed by atoms with Crippen molar-refractivity contribution < 1.29 is 23.5 Å². The molecule has 3 atom stereocenters. The Balaban J connectivity index is 1.50. The third kappa shape index (κ3) is 3.90. The van der Waals surface area contributed by atoms with Gasteiger partial charge in [-0.25, -0.2) is 4.79 Å². The van der Waals surface area contributed by atoms with Gasteiger partial charge in [0.25, 0.3) is 0 Å². The van der Waals surface area contributed by atoms with Gasteiger partial charge in [-0.1, -0.05) is 72.3 Å². The van der Waals surface area contributed by atoms with E-state index in [1.165, 1.54) is 18.9 Å². The average molecular weight is 617 g/mol. The Hall–Kier alpha value is -5.02. The minimum Gasteiger partial charge on any atom is -0.469 e. The monoisotopic (exact) mass is 616 g/mol. The zero-order valence-electron chi connectivity index (χ0n) is 24.5. The number of thioether (sulfide) groups is 1. The number of aryl methyl sites for hydroxylation is 1. The third-order valence-corrected chi connectivity index (χ3v) is 10.6. The predicted octanol–water partition coefficient (Wildman–Crippen LogP) is 6.17. The first-order valence-corrected chi connectivity index (χ1v) is 15.6. The lowest BCUT2D eigenvalue weighted by Gasteiger charge is -2.54. The van der Waals surface area contributed by atoms with E-state index in [2.05, 4.69) is 5.32 Å². The van der Waals surface area contributed by atoms with Gasteiger partial charge < -0.3 is 24.1 Å². The molecular formula is C36H28N2O6S. The van der Waals surface area contributed by atoms with Crippen LogP contribution >= 0.6 is 11.8 Å². The number of esters is 1. The van der Waals surface area contributed by atoms with Crippen LogP contribution in [0.25, 0.3) is 11.0 Å². The van der Waals surface area contributed by atoms with Gasteiger partial charge in [-0.05, 0) is 48.4 Å². The summed E-state index contributed by atoms with van der Waals surface area (Å²) >= 11 is 1.42. The van der Waals surface area contributed by atoms with Crippen molar-refractivity contribution >= 4 is 46.0 Å². The number of hydrogen-bond acceptors (Lipinski definition) is 8. The van der Waals surface area contributed by atoms with Gasteiger partial charge in [-0.3, -0.25) is 9.59 Å². The maximum atomic E-state index is 15.5. The molecule has 0 saturated heterocycles. The van der Waals surface area contributed by atoms with E-state index in [9.17, 15) is 9.59 Å². The highest BCUT2D eigenvalue weighted by Gasteiger charge is 2.70. The lowest BCUT2D eigenvalue weighted by molar-refractivity contribution is -0.146. The van der Waals surface area contributed by atoms with Gasteiger partial charge >= 0.3 is 11.6 Å². The summed E-state index contributed by atoms with van der Waals surface area (Å²) < 4.78 is 18.1. The summed E-state index contributed by atoms with van der Waals surface area (Å²) in [6.07, 6.45) is -0.224. The van der Waals surface area contributed by atoms with Gasteiger partial charge in [0.05, 0.1) is 30.0 Å². The highest BCUT2D eigenvalue weighted by Crippen LogP contribution is 2.63. The predicted molar refractivity (Wildman–Crippen MR) is 172 cm³/mol. The van der Waals surface area contributed by atoms with Crippen LogP contribution in [0.3, 0.4) is 0 Å². The van der Waals surface area contributed by atoms with Gasteiger partial charge in [0, 0.05) is 10.6 Å². The number of amides is 1. The lowest BCUT2D eigenvalue weighted by atomic mass is 9.67. The molecule has 0 unspecified atom stereocenters. The van der Waals surface area contributed by atoms with Gasteiger partial charge in [-0.2, -0.15) is 0 Å². The number of para-hydroxylation sites is 2. The number of methoxy groups -OCH3 is 1. The quantitative estimate of drug-likeness (QED) is 0.189. The SMILES string of the molecule is COC(=O)C[C@@]12Nc3ccccc3S[C@@H]1[C@@]1(C(=O)N(Cc3ccccc3)c3ccc(C)cc31)c1c(c3ccccc3oc1=O)O2. The maximum Gasteiger partial charge on any atom is 0.344 e. The van der Waals surface area contributed by atoms with E-state index < -0.39 is 28.0 Å². The summed E-state index contributed by atoms with van der Waals surface area (Å²) in [7, 11) is 1.33. The molecule has 3 aliphatic heterocycles. The molecule has 0 fully saturated rings. The molecule has 8 rings (SSSR count). The summed E-state index contributed by atoms with van der Waals surface area (Å²) in [5.74, 6) is -0.585. The number of carbonyl (C=O) groups is 2. The van der Waals surface area contributed by atoms with Crippen molar-refractivity contribution in [2.24, 2.45) is 0 Å². The summed E-state index contributed by atoms with van der Waals surface area (Å²) in [6, 6.07) is 30.4. The van der Waals surface area contributed by atoms with Crippen LogP contribution in [0, 0.1) is 6.92 Å². The molecule has 4 heterocycles. The molecule has 1 N–H and O–H groups in total. The number of carbonyl (C=O) groups excluding carboxylic acids is 2. The van der Waals surface area contributed by atoms with E-state index in [0.29, 0.717) is 22.2 Å². The number of nitrogens with one attached hydrogen (secondary N) is 1. The van der Waals surface area contributed by atoms with Crippen molar-refractivity contribution in [2.45, 2.75) is 41.2 Å². The molecule has 0 radical (unpaired) electrons. The number of benzene rings is 4. The maximum absolute atomic E-state index is 15.5. The molecule has 0 aliphatic carbocycles. The van der Waals surface area contributed by atoms with Gasteiger partial charge in [0.2, 0.25) is 11.6 Å². The topological polar surface area (TPSA) is 98.1 Å². The fourth-order valence-electron chi connectivity index (χ4n) is 7.10. The Labute approximate surface area is 263 Å². The fraction of sp³-hybridized carbons (Fsp3) is 0.194. The second kappa shape index (κ2) is 10.0. The van der Waals surface area contributed by atoms with E-state index in [1.807, 2.05) is 85.8 Å². The van der Waals surface area contributed by atoms with Crippen LogP contribution in [0.15, 0.2) is 111 Å². The van der Waals surface area contributed by atoms with Crippen LogP contribution in [-0.2, 0) is 26.3 Å². The molecule has 45 heavy (non-hydrogen) atoms. The molecule has 4 aromatic carbocycles. The Bertz CT molecular complexity index is 2100. The zero-order chi connectivity index (χ0) is 30.9. The minimum atomic E-state index is -1.59. The third-order valence-electron chi connectivity index (χ3n) is 9.01. The molecule has 0 bridgehead atoms. The van der Waals surface area contributed by atoms with E-state index in [-0.39, 0.29) is 30.2 Å². The summed E-state index contributed by atoms with van der Waals surface area (Å²) in [5.41, 5.74) is 0.714. The van der Waals surface area contributed by atoms with Crippen molar-refractivity contribution in [1.29, 1.82) is 0 Å². The molecule has 1 aromatic heterocycles. The normalized spacial score (nSPS) is 22.6. The first kappa shape index (κ1) is 27.5. The fourth-order valence-corrected chi connectivity index (χ4v) is 8.66. The first-order valence-electron chi connectivity index (χ1n) is 14.7. The molecule has 5 aromatic rings. The second-order valence-corrected chi connectivity index (χ2v) is 12.8. The summed E-state index contributed by atoms with van der Waals surface area (Å²) in [4.78, 5) is 45.7. The highest BCUT2D eigenvalue weighted by atomic mass is 32.2. The minimum absolute atomic E-state index is 0.132. The van der Waals surface area contributed by atoms with Crippen molar-refractivity contribution in [3.8, 4) is 5.75 Å². The summed E-state index contributed by atoms with van der Waals surface area (Å²) in [6.45, 7) is 2.25. The molecular weight excluding hydrogens is 588 g/mol. The zero-order valence-corrected chi connectivity index (χ0v) is 25.4. The molecule has 8 nitrogen and oxygen atoms in total. The second-order valence-electron chi connectivity index (χ2n) is 11.7. The number of ether oxygens (including phenoxy) is 2. The van der Waals surface area contributed by atoms with Crippen LogP contribution in [0.2, 0.25) is 0 Å². The number of anilines is 2. The van der Waals surface area contributed by atoms with Crippen molar-refractivity contribution in [2.75, 3.05) is 17.3 Å². The van der Waals surface area contributed by atoms with Crippen molar-refractivity contribution in [3.05, 3.63) is 130 Å². The largest absolute Gasteiger partial charge is 0.469 e. The lowest BCUT2D eigenvalue weighted by Crippen LogP contribution is -2.69. The van der Waals surface area contributed by atoms with Gasteiger partial charge in [-0.15, -0.1) is 11.8 Å². The molecule has 0 saturated carbocycles. The van der Waals surface area contributed by atoms with Crippen LogP contribution in [0.1, 0.15) is 28.7 Å². The van der Waals surface area contributed by atoms with E-state index in [1.54, 1.807) is 23.1 Å². The highest BCUT2D eigenvalue weighted by molar-refractivity contribution is 8.00. The Morgan fingerprint density at radius 1 is 0.978 bits per heavy atom. The molecule has 9 heteroatoms. The van der Waals surface area contributed by atoms with Gasteiger partial charge in [0.1, 0.15) is 28.7 Å². The smallest absolute Gasteiger partial charge is 0.344 e. The number of hydrogen-bond donors (Lipinski definition) is 1. The van der Waals surface area contributed by atoms with E-state index in [0.717, 1.165) is 21.7 Å². The van der Waals surface area contributed by atoms with Crippen molar-refractivity contribution in [1.82, 2.24) is 0 Å². The van der Waals surface area contributed by atoms with Crippen LogP contribution in [0.4, 0.5) is 11.4 Å². The number of fused-ring (bicyclic) bond motifs is 9. The molecule has 224 valence electrons. The standard InChI is InChI=1S/C36H28N2O6S/c1-21-16-17-26-24(18-21)36(34(41)38(26)20-22-10-4-3-5-11-22)30-31(23-12-6-8-14-27(23)43-32(30)40)44-35(19-29(39)42-2)33(36)45-28-15-9-7-13-25(28)37-35/h3-18,33,37H,19-20H2,1-2H3/t33-,35-,36-/m0/s1. The molecule has 1 spiro atoms. The van der Waals surface area contributed by atoms with Crippen LogP contribution in [-0.4, -0.2) is 30.0 Å². The Morgan fingerprint density at radius 2 is 1.73 bits per heavy atom. The Morgan fingerprint density at radius 3 is 2.56 bits per heavy atom. The van der Waals surface area contributed by atoms with Crippen molar-refractivity contribution in [3.63, 3.8) is 0 Å².